The number of aryl methyl sites for hydroxylation is 1. The van der Waals surface area contributed by atoms with Gasteiger partial charge < -0.3 is 9.47 Å². The summed E-state index contributed by atoms with van der Waals surface area (Å²) in [6.07, 6.45) is -0.936. The molecule has 82 valence electrons. The Hall–Kier alpha value is -1.26. The van der Waals surface area contributed by atoms with Crippen LogP contribution in [0.3, 0.4) is 0 Å². The Morgan fingerprint density at radius 1 is 1.33 bits per heavy atom. The van der Waals surface area contributed by atoms with Gasteiger partial charge in [-0.1, -0.05) is 0 Å². The van der Waals surface area contributed by atoms with Gasteiger partial charge in [0.2, 0.25) is 12.1 Å². The Labute approximate surface area is 87.8 Å². The molecule has 0 aliphatic heterocycles. The lowest BCUT2D eigenvalue weighted by molar-refractivity contribution is -0.0742. The van der Waals surface area contributed by atoms with Gasteiger partial charge in [-0.25, -0.2) is 4.39 Å². The molecule has 0 bridgehead atoms. The summed E-state index contributed by atoms with van der Waals surface area (Å²) < 4.78 is 22.5. The third-order valence-electron chi connectivity index (χ3n) is 2.10. The van der Waals surface area contributed by atoms with E-state index in [1.807, 2.05) is 0 Å². The molecule has 0 amide bonds. The largest absolute Gasteiger partial charge is 0.349 e. The molecule has 1 aromatic rings. The summed E-state index contributed by atoms with van der Waals surface area (Å²) in [7, 11) is 2.76. The van der Waals surface area contributed by atoms with Gasteiger partial charge in [0.05, 0.1) is 0 Å². The second-order valence-corrected chi connectivity index (χ2v) is 3.13. The van der Waals surface area contributed by atoms with Gasteiger partial charge in [-0.3, -0.25) is 4.79 Å². The number of ketones is 1. The summed E-state index contributed by atoms with van der Waals surface area (Å²) in [5, 5.41) is 0. The first-order chi connectivity index (χ1) is 7.10. The molecule has 1 aromatic carbocycles. The fourth-order valence-corrected chi connectivity index (χ4v) is 1.34. The summed E-state index contributed by atoms with van der Waals surface area (Å²) in [4.78, 5) is 11.8. The van der Waals surface area contributed by atoms with E-state index in [1.54, 1.807) is 6.92 Å². The van der Waals surface area contributed by atoms with E-state index in [0.29, 0.717) is 11.1 Å². The quantitative estimate of drug-likeness (QED) is 0.565. The summed E-state index contributed by atoms with van der Waals surface area (Å²) in [5.74, 6) is -0.673. The van der Waals surface area contributed by atoms with Crippen molar-refractivity contribution in [2.24, 2.45) is 0 Å². The minimum absolute atomic E-state index is 0.308. The number of carbonyl (C=O) groups is 1. The molecule has 0 N–H and O–H groups in total. The van der Waals surface area contributed by atoms with Gasteiger partial charge in [0.25, 0.3) is 0 Å². The Balaban J connectivity index is 3.00. The van der Waals surface area contributed by atoms with Crippen LogP contribution in [-0.2, 0) is 9.47 Å². The van der Waals surface area contributed by atoms with E-state index >= 15 is 0 Å². The Kier molecular flexibility index (Phi) is 3.94. The molecule has 0 aromatic heterocycles. The Morgan fingerprint density at radius 3 is 2.40 bits per heavy atom. The molecule has 0 saturated heterocycles. The predicted octanol–water partition coefficient (Wildman–Crippen LogP) is 1.94. The lowest BCUT2D eigenvalue weighted by atomic mass is 10.0. The van der Waals surface area contributed by atoms with E-state index in [9.17, 15) is 9.18 Å². The Bertz CT molecular complexity index is 359. The van der Waals surface area contributed by atoms with Gasteiger partial charge in [0.15, 0.2) is 0 Å². The number of hydrogen-bond acceptors (Lipinski definition) is 3. The van der Waals surface area contributed by atoms with Crippen molar-refractivity contribution in [2.45, 2.75) is 13.2 Å². The highest BCUT2D eigenvalue weighted by Gasteiger charge is 2.20. The highest BCUT2D eigenvalue weighted by atomic mass is 19.1. The van der Waals surface area contributed by atoms with E-state index < -0.39 is 6.29 Å². The molecule has 0 heterocycles. The normalized spacial score (nSPS) is 10.7. The number of hydrogen-bond donors (Lipinski definition) is 0. The van der Waals surface area contributed by atoms with Gasteiger partial charge in [-0.15, -0.1) is 0 Å². The van der Waals surface area contributed by atoms with Crippen molar-refractivity contribution in [1.29, 1.82) is 0 Å². The number of carbonyl (C=O) groups excluding carboxylic acids is 1. The number of ether oxygens (including phenoxy) is 2. The average molecular weight is 212 g/mol. The van der Waals surface area contributed by atoms with E-state index in [2.05, 4.69) is 0 Å². The zero-order chi connectivity index (χ0) is 11.4. The molecule has 0 spiro atoms. The van der Waals surface area contributed by atoms with Crippen molar-refractivity contribution >= 4 is 5.78 Å². The summed E-state index contributed by atoms with van der Waals surface area (Å²) >= 11 is 0. The van der Waals surface area contributed by atoms with Crippen LogP contribution >= 0.6 is 0 Å². The number of Topliss-reactive ketones (excluding diaryl/α,β-unsaturated/α-hetero) is 1. The number of methoxy groups -OCH3 is 2. The fourth-order valence-electron chi connectivity index (χ4n) is 1.34. The lowest BCUT2D eigenvalue weighted by Gasteiger charge is -2.13. The van der Waals surface area contributed by atoms with Crippen LogP contribution in [0.1, 0.15) is 15.9 Å². The first-order valence-electron chi connectivity index (χ1n) is 4.46. The first kappa shape index (κ1) is 11.8. The van der Waals surface area contributed by atoms with Gasteiger partial charge in [-0.05, 0) is 30.7 Å². The van der Waals surface area contributed by atoms with Crippen LogP contribution in [0.15, 0.2) is 18.2 Å². The molecule has 0 unspecified atom stereocenters. The van der Waals surface area contributed by atoms with E-state index in [1.165, 1.54) is 32.4 Å². The van der Waals surface area contributed by atoms with Crippen LogP contribution in [0.25, 0.3) is 0 Å². The standard InChI is InChI=1S/C11H13FO3/c1-7-6-8(12)4-5-9(7)10(13)11(14-2)15-3/h4-6,11H,1-3H3. The smallest absolute Gasteiger partial charge is 0.222 e. The maximum absolute atomic E-state index is 12.8. The van der Waals surface area contributed by atoms with Gasteiger partial charge in [0.1, 0.15) is 5.82 Å². The van der Waals surface area contributed by atoms with Crippen molar-refractivity contribution in [1.82, 2.24) is 0 Å². The Morgan fingerprint density at radius 2 is 1.93 bits per heavy atom. The highest BCUT2D eigenvalue weighted by Crippen LogP contribution is 2.13. The van der Waals surface area contributed by atoms with Crippen LogP contribution in [0.4, 0.5) is 4.39 Å². The molecular formula is C11H13FO3. The molecule has 4 heteroatoms. The molecule has 0 aliphatic carbocycles. The predicted molar refractivity (Wildman–Crippen MR) is 53.3 cm³/mol. The molecular weight excluding hydrogens is 199 g/mol. The fraction of sp³-hybridized carbons (Fsp3) is 0.364. The molecule has 0 radical (unpaired) electrons. The van der Waals surface area contributed by atoms with Gasteiger partial charge in [0, 0.05) is 19.8 Å². The number of halogens is 1. The van der Waals surface area contributed by atoms with Gasteiger partial charge >= 0.3 is 0 Å². The van der Waals surface area contributed by atoms with E-state index in [4.69, 9.17) is 9.47 Å². The minimum atomic E-state index is -0.936. The monoisotopic (exact) mass is 212 g/mol. The molecule has 0 fully saturated rings. The minimum Gasteiger partial charge on any atom is -0.349 e. The van der Waals surface area contributed by atoms with Crippen molar-refractivity contribution in [3.8, 4) is 0 Å². The third kappa shape index (κ3) is 2.61. The van der Waals surface area contributed by atoms with Crippen molar-refractivity contribution in [3.63, 3.8) is 0 Å². The zero-order valence-corrected chi connectivity index (χ0v) is 8.91. The second-order valence-electron chi connectivity index (χ2n) is 3.13. The maximum Gasteiger partial charge on any atom is 0.222 e. The highest BCUT2D eigenvalue weighted by molar-refractivity contribution is 5.99. The lowest BCUT2D eigenvalue weighted by Crippen LogP contribution is -2.25. The van der Waals surface area contributed by atoms with Crippen molar-refractivity contribution < 1.29 is 18.7 Å². The SMILES string of the molecule is COC(OC)C(=O)c1ccc(F)cc1C. The van der Waals surface area contributed by atoms with Crippen molar-refractivity contribution in [2.75, 3.05) is 14.2 Å². The summed E-state index contributed by atoms with van der Waals surface area (Å²) in [6, 6.07) is 3.97. The van der Waals surface area contributed by atoms with Crippen molar-refractivity contribution in [3.05, 3.63) is 35.1 Å². The molecule has 3 nitrogen and oxygen atoms in total. The zero-order valence-electron chi connectivity index (χ0n) is 8.91. The second kappa shape index (κ2) is 5.00. The summed E-state index contributed by atoms with van der Waals surface area (Å²) in [6.45, 7) is 1.67. The van der Waals surface area contributed by atoms with Crippen LogP contribution in [0.2, 0.25) is 0 Å². The van der Waals surface area contributed by atoms with E-state index in [0.717, 1.165) is 0 Å². The summed E-state index contributed by atoms with van der Waals surface area (Å²) in [5.41, 5.74) is 0.976. The van der Waals surface area contributed by atoms with Crippen LogP contribution < -0.4 is 0 Å². The molecule has 1 rings (SSSR count). The van der Waals surface area contributed by atoms with Crippen LogP contribution in [0.5, 0.6) is 0 Å². The van der Waals surface area contributed by atoms with Crippen LogP contribution in [-0.4, -0.2) is 26.3 Å². The van der Waals surface area contributed by atoms with Crippen LogP contribution in [0, 0.1) is 12.7 Å². The van der Waals surface area contributed by atoms with E-state index in [-0.39, 0.29) is 11.6 Å². The average Bonchev–Trinajstić information content (AvgIpc) is 2.19. The number of benzene rings is 1. The van der Waals surface area contributed by atoms with Gasteiger partial charge in [-0.2, -0.15) is 0 Å². The number of rotatable bonds is 4. The molecule has 15 heavy (non-hydrogen) atoms. The third-order valence-corrected chi connectivity index (χ3v) is 2.10. The molecule has 0 aliphatic rings. The first-order valence-corrected chi connectivity index (χ1v) is 4.46. The molecule has 0 saturated carbocycles. The molecule has 0 atom stereocenters. The topological polar surface area (TPSA) is 35.5 Å². The maximum atomic E-state index is 12.8.